The van der Waals surface area contributed by atoms with Crippen LogP contribution in [0.5, 0.6) is 0 Å². The third-order valence-electron chi connectivity index (χ3n) is 4.11. The van der Waals surface area contributed by atoms with Gasteiger partial charge in [-0.05, 0) is 25.7 Å². The minimum absolute atomic E-state index is 0.283. The van der Waals surface area contributed by atoms with Crippen molar-refractivity contribution in [1.82, 2.24) is 9.97 Å². The first-order valence-corrected chi connectivity index (χ1v) is 7.56. The van der Waals surface area contributed by atoms with Crippen LogP contribution >= 0.6 is 0 Å². The molecule has 5 heteroatoms. The lowest BCUT2D eigenvalue weighted by Crippen LogP contribution is -2.44. The van der Waals surface area contributed by atoms with Crippen LogP contribution in [0.2, 0.25) is 0 Å². The van der Waals surface area contributed by atoms with E-state index in [0.29, 0.717) is 5.92 Å². The van der Waals surface area contributed by atoms with Gasteiger partial charge in [0, 0.05) is 32.3 Å². The van der Waals surface area contributed by atoms with E-state index in [1.807, 2.05) is 0 Å². The number of hydrogen-bond acceptors (Lipinski definition) is 5. The molecule has 2 atom stereocenters. The molecule has 5 nitrogen and oxygen atoms in total. The first kappa shape index (κ1) is 15.0. The molecule has 0 aromatic carbocycles. The molecule has 1 saturated heterocycles. The van der Waals surface area contributed by atoms with Gasteiger partial charge in [0.25, 0.3) is 0 Å². The molecule has 0 radical (unpaired) electrons. The van der Waals surface area contributed by atoms with Gasteiger partial charge in [0.15, 0.2) is 0 Å². The van der Waals surface area contributed by atoms with Crippen LogP contribution in [0.4, 0.5) is 11.6 Å². The quantitative estimate of drug-likeness (QED) is 0.896. The van der Waals surface area contributed by atoms with Crippen LogP contribution in [-0.2, 0) is 11.2 Å². The fourth-order valence-electron chi connectivity index (χ4n) is 2.85. The second-order valence-corrected chi connectivity index (χ2v) is 5.39. The van der Waals surface area contributed by atoms with Gasteiger partial charge < -0.3 is 15.0 Å². The predicted octanol–water partition coefficient (Wildman–Crippen LogP) is 2.33. The molecule has 1 aliphatic heterocycles. The lowest BCUT2D eigenvalue weighted by molar-refractivity contribution is 0.0496. The monoisotopic (exact) mass is 278 g/mol. The third-order valence-corrected chi connectivity index (χ3v) is 4.11. The standard InChI is InChI=1S/C15H26N4O/c1-5-12-14(16-6-2)17-10-18-15(12)19-8-7-11(3)13(9-19)20-4/h10-11,13H,5-9H2,1-4H3,(H,16,17,18). The fraction of sp³-hybridized carbons (Fsp3) is 0.733. The summed E-state index contributed by atoms with van der Waals surface area (Å²) in [5.41, 5.74) is 1.21. The molecule has 0 spiro atoms. The highest BCUT2D eigenvalue weighted by Gasteiger charge is 2.28. The molecule has 0 bridgehead atoms. The Bertz CT molecular complexity index is 438. The summed E-state index contributed by atoms with van der Waals surface area (Å²) in [5.74, 6) is 2.64. The van der Waals surface area contributed by atoms with Crippen LogP contribution in [-0.4, -0.2) is 42.8 Å². The molecule has 2 heterocycles. The Kier molecular flexibility index (Phi) is 5.17. The van der Waals surface area contributed by atoms with E-state index in [-0.39, 0.29) is 6.10 Å². The molecule has 1 aromatic heterocycles. The topological polar surface area (TPSA) is 50.3 Å². The van der Waals surface area contributed by atoms with Gasteiger partial charge in [0.05, 0.1) is 6.10 Å². The summed E-state index contributed by atoms with van der Waals surface area (Å²) >= 11 is 0. The van der Waals surface area contributed by atoms with Crippen molar-refractivity contribution < 1.29 is 4.74 Å². The second kappa shape index (κ2) is 6.88. The summed E-state index contributed by atoms with van der Waals surface area (Å²) < 4.78 is 5.61. The van der Waals surface area contributed by atoms with E-state index >= 15 is 0 Å². The average molecular weight is 278 g/mol. The molecular weight excluding hydrogens is 252 g/mol. The molecule has 112 valence electrons. The first-order chi connectivity index (χ1) is 9.71. The van der Waals surface area contributed by atoms with Crippen LogP contribution in [0.15, 0.2) is 6.33 Å². The van der Waals surface area contributed by atoms with Crippen LogP contribution in [0.3, 0.4) is 0 Å². The molecule has 0 amide bonds. The maximum absolute atomic E-state index is 5.61. The first-order valence-electron chi connectivity index (χ1n) is 7.56. The van der Waals surface area contributed by atoms with E-state index in [1.165, 1.54) is 5.56 Å². The molecule has 20 heavy (non-hydrogen) atoms. The van der Waals surface area contributed by atoms with Crippen molar-refractivity contribution in [2.75, 3.05) is 37.0 Å². The van der Waals surface area contributed by atoms with Gasteiger partial charge in [-0.25, -0.2) is 9.97 Å². The number of aromatic nitrogens is 2. The lowest BCUT2D eigenvalue weighted by Gasteiger charge is -2.37. The Morgan fingerprint density at radius 2 is 2.20 bits per heavy atom. The maximum atomic E-state index is 5.61. The van der Waals surface area contributed by atoms with E-state index in [2.05, 4.69) is 41.0 Å². The highest BCUT2D eigenvalue weighted by atomic mass is 16.5. The Labute approximate surface area is 121 Å². The Morgan fingerprint density at radius 1 is 1.40 bits per heavy atom. The fourth-order valence-corrected chi connectivity index (χ4v) is 2.85. The minimum Gasteiger partial charge on any atom is -0.379 e. The number of hydrogen-bond donors (Lipinski definition) is 1. The van der Waals surface area contributed by atoms with E-state index in [0.717, 1.165) is 44.1 Å². The van der Waals surface area contributed by atoms with Crippen LogP contribution in [0.1, 0.15) is 32.8 Å². The van der Waals surface area contributed by atoms with Gasteiger partial charge in [-0.2, -0.15) is 0 Å². The Hall–Kier alpha value is -1.36. The zero-order valence-electron chi connectivity index (χ0n) is 13.0. The average Bonchev–Trinajstić information content (AvgIpc) is 2.48. The molecule has 1 fully saturated rings. The third kappa shape index (κ3) is 3.03. The molecule has 0 saturated carbocycles. The number of rotatable bonds is 5. The zero-order chi connectivity index (χ0) is 14.5. The lowest BCUT2D eigenvalue weighted by atomic mass is 9.95. The molecule has 2 unspecified atom stereocenters. The van der Waals surface area contributed by atoms with E-state index in [1.54, 1.807) is 13.4 Å². The molecule has 1 N–H and O–H groups in total. The van der Waals surface area contributed by atoms with Crippen LogP contribution in [0.25, 0.3) is 0 Å². The smallest absolute Gasteiger partial charge is 0.137 e. The molecule has 1 aliphatic rings. The van der Waals surface area contributed by atoms with Crippen LogP contribution < -0.4 is 10.2 Å². The zero-order valence-corrected chi connectivity index (χ0v) is 13.0. The number of ether oxygens (including phenoxy) is 1. The number of piperidine rings is 1. The summed E-state index contributed by atoms with van der Waals surface area (Å²) in [7, 11) is 1.80. The molecule has 2 rings (SSSR count). The Balaban J connectivity index is 2.25. The highest BCUT2D eigenvalue weighted by molar-refractivity contribution is 5.59. The second-order valence-electron chi connectivity index (χ2n) is 5.39. The summed E-state index contributed by atoms with van der Waals surface area (Å²) in [6, 6.07) is 0. The largest absolute Gasteiger partial charge is 0.379 e. The van der Waals surface area contributed by atoms with Crippen molar-refractivity contribution in [3.8, 4) is 0 Å². The van der Waals surface area contributed by atoms with Crippen molar-refractivity contribution in [3.05, 3.63) is 11.9 Å². The van der Waals surface area contributed by atoms with Gasteiger partial charge in [-0.1, -0.05) is 13.8 Å². The number of nitrogens with zero attached hydrogens (tertiary/aromatic N) is 3. The maximum Gasteiger partial charge on any atom is 0.137 e. The van der Waals surface area contributed by atoms with E-state index in [4.69, 9.17) is 4.74 Å². The molecule has 0 aliphatic carbocycles. The highest BCUT2D eigenvalue weighted by Crippen LogP contribution is 2.28. The molecular formula is C15H26N4O. The minimum atomic E-state index is 0.283. The van der Waals surface area contributed by atoms with Crippen molar-refractivity contribution >= 4 is 11.6 Å². The van der Waals surface area contributed by atoms with Gasteiger partial charge in [-0.15, -0.1) is 0 Å². The summed E-state index contributed by atoms with van der Waals surface area (Å²) in [4.78, 5) is 11.2. The summed E-state index contributed by atoms with van der Waals surface area (Å²) in [6.45, 7) is 9.33. The van der Waals surface area contributed by atoms with Crippen molar-refractivity contribution in [2.45, 2.75) is 39.7 Å². The van der Waals surface area contributed by atoms with E-state index < -0.39 is 0 Å². The van der Waals surface area contributed by atoms with Gasteiger partial charge >= 0.3 is 0 Å². The van der Waals surface area contributed by atoms with Gasteiger partial charge in [0.2, 0.25) is 0 Å². The van der Waals surface area contributed by atoms with Gasteiger partial charge in [-0.3, -0.25) is 0 Å². The summed E-state index contributed by atoms with van der Waals surface area (Å²) in [6.07, 6.45) is 4.02. The summed E-state index contributed by atoms with van der Waals surface area (Å²) in [5, 5.41) is 3.33. The van der Waals surface area contributed by atoms with E-state index in [9.17, 15) is 0 Å². The van der Waals surface area contributed by atoms with Crippen molar-refractivity contribution in [2.24, 2.45) is 5.92 Å². The number of nitrogens with one attached hydrogen (secondary N) is 1. The number of anilines is 2. The van der Waals surface area contributed by atoms with Gasteiger partial charge in [0.1, 0.15) is 18.0 Å². The number of methoxy groups -OCH3 is 1. The Morgan fingerprint density at radius 3 is 2.85 bits per heavy atom. The SMILES string of the molecule is CCNc1ncnc(N2CCC(C)C(OC)C2)c1CC. The predicted molar refractivity (Wildman–Crippen MR) is 82.4 cm³/mol. The van der Waals surface area contributed by atoms with Crippen molar-refractivity contribution in [1.29, 1.82) is 0 Å². The van der Waals surface area contributed by atoms with Crippen molar-refractivity contribution in [3.63, 3.8) is 0 Å². The normalized spacial score (nSPS) is 22.9. The van der Waals surface area contributed by atoms with Crippen LogP contribution in [0, 0.1) is 5.92 Å². The molecule has 1 aromatic rings.